The second-order valence-corrected chi connectivity index (χ2v) is 15.2. The van der Waals surface area contributed by atoms with E-state index in [0.717, 1.165) is 68.3 Å². The summed E-state index contributed by atoms with van der Waals surface area (Å²) in [7, 11) is 0. The minimum Gasteiger partial charge on any atom is -0.503 e. The van der Waals surface area contributed by atoms with E-state index in [-0.39, 0.29) is 32.2 Å². The van der Waals surface area contributed by atoms with Crippen molar-refractivity contribution in [3.8, 4) is 56.6 Å². The average molecular weight is 881 g/mol. The second kappa shape index (κ2) is 15.2. The van der Waals surface area contributed by atoms with Crippen molar-refractivity contribution in [1.82, 2.24) is 9.97 Å². The van der Waals surface area contributed by atoms with E-state index in [9.17, 15) is 0 Å². The zero-order valence-corrected chi connectivity index (χ0v) is 33.8. The van der Waals surface area contributed by atoms with Gasteiger partial charge >= 0.3 is 0 Å². The normalized spacial score (nSPS) is 12.1. The summed E-state index contributed by atoms with van der Waals surface area (Å²) in [5.41, 5.74) is 14.7. The predicted molar refractivity (Wildman–Crippen MR) is 218 cm³/mol. The molecule has 0 saturated carbocycles. The summed E-state index contributed by atoms with van der Waals surface area (Å²) >= 11 is 0. The largest absolute Gasteiger partial charge is 0.503 e. The molecule has 4 nitrogen and oxygen atoms in total. The summed E-state index contributed by atoms with van der Waals surface area (Å²) in [6, 6.07) is 46.1. The molecule has 0 saturated heterocycles. The molecule has 2 aliphatic rings. The van der Waals surface area contributed by atoms with Crippen LogP contribution in [0.5, 0.6) is 23.0 Å². The van der Waals surface area contributed by atoms with Crippen LogP contribution in [0, 0.1) is 38.3 Å². The van der Waals surface area contributed by atoms with E-state index in [4.69, 9.17) is 14.5 Å². The third-order valence-corrected chi connectivity index (χ3v) is 9.89. The second-order valence-electron chi connectivity index (χ2n) is 15.2. The number of rotatable bonds is 4. The van der Waals surface area contributed by atoms with Crippen molar-refractivity contribution < 1.29 is 29.6 Å². The molecule has 7 aromatic rings. The predicted octanol–water partition coefficient (Wildman–Crippen LogP) is 10.0. The van der Waals surface area contributed by atoms with Gasteiger partial charge in [-0.25, -0.2) is 0 Å². The molecule has 9 rings (SSSR count). The molecule has 2 aliphatic heterocycles. The van der Waals surface area contributed by atoms with E-state index < -0.39 is 0 Å². The molecule has 0 unspecified atom stereocenters. The standard InChI is InChI=1S/C29H25BNO2.C19H16N.Ir/c1-18-17-31-23(15-19(18)16-29(2,3)4)20-9-7-11-22-28(20)33-26-14-8-13-25-27(26)30(22)21-10-5-6-12-24(21)32-25;1-14-8-10-17(11-9-14)19-12-18(15(2)13-20-19)16-6-4-3-5-7-16;/h5-8,10-15,17H,16H2,1-4H3;3-10,12-13H,1-2H3;/q2*-1;. The molecule has 2 aromatic heterocycles. The van der Waals surface area contributed by atoms with Crippen LogP contribution in [-0.4, -0.2) is 16.7 Å². The molecule has 4 heterocycles. The summed E-state index contributed by atoms with van der Waals surface area (Å²) < 4.78 is 12.8. The van der Waals surface area contributed by atoms with E-state index in [1.54, 1.807) is 0 Å². The number of fused-ring (bicyclic) bond motifs is 4. The van der Waals surface area contributed by atoms with Crippen molar-refractivity contribution in [3.05, 3.63) is 162 Å². The number of aromatic nitrogens is 2. The van der Waals surface area contributed by atoms with Crippen LogP contribution in [0.15, 0.2) is 128 Å². The zero-order valence-electron chi connectivity index (χ0n) is 31.5. The van der Waals surface area contributed by atoms with Crippen LogP contribution in [0.25, 0.3) is 33.6 Å². The smallest absolute Gasteiger partial charge is 0.241 e. The van der Waals surface area contributed by atoms with Gasteiger partial charge in [0.15, 0.2) is 0 Å². The molecule has 0 spiro atoms. The molecular weight excluding hydrogens is 840 g/mol. The average Bonchev–Trinajstić information content (AvgIpc) is 3.16. The van der Waals surface area contributed by atoms with Gasteiger partial charge in [0.2, 0.25) is 6.71 Å². The van der Waals surface area contributed by atoms with E-state index in [2.05, 4.69) is 125 Å². The molecule has 5 aromatic carbocycles. The van der Waals surface area contributed by atoms with E-state index in [0.29, 0.717) is 0 Å². The quantitative estimate of drug-likeness (QED) is 0.131. The Morgan fingerprint density at radius 2 is 1.37 bits per heavy atom. The first kappa shape index (κ1) is 37.0. The Balaban J connectivity index is 0.000000184. The van der Waals surface area contributed by atoms with Crippen LogP contribution in [-0.2, 0) is 26.5 Å². The number of pyridine rings is 2. The van der Waals surface area contributed by atoms with Gasteiger partial charge in [0, 0.05) is 43.7 Å². The molecule has 0 N–H and O–H groups in total. The van der Waals surface area contributed by atoms with E-state index in [1.165, 1.54) is 33.4 Å². The molecule has 0 atom stereocenters. The SMILES string of the molecule is Cc1c[c-]c(-c2cc(-c3ccccc3)c(C)cn2)cc1.Cc1cnc(-c2[c-]ccc3c2Oc2cccc4c2B3c2ccccc2O4)cc1CC(C)(C)C.[Ir]. The molecule has 1 radical (unpaired) electrons. The van der Waals surface area contributed by atoms with E-state index >= 15 is 0 Å². The molecule has 0 amide bonds. The summed E-state index contributed by atoms with van der Waals surface area (Å²) in [6.07, 6.45) is 4.90. The van der Waals surface area contributed by atoms with Gasteiger partial charge in [0.1, 0.15) is 17.2 Å². The minimum atomic E-state index is 0. The van der Waals surface area contributed by atoms with Crippen molar-refractivity contribution >= 4 is 23.1 Å². The number of hydrogen-bond acceptors (Lipinski definition) is 4. The monoisotopic (exact) mass is 881 g/mol. The van der Waals surface area contributed by atoms with Gasteiger partial charge in [0.25, 0.3) is 0 Å². The van der Waals surface area contributed by atoms with Gasteiger partial charge in [-0.2, -0.15) is 0 Å². The van der Waals surface area contributed by atoms with Gasteiger partial charge in [-0.05, 0) is 83.0 Å². The summed E-state index contributed by atoms with van der Waals surface area (Å²) in [4.78, 5) is 9.33. The maximum atomic E-state index is 6.54. The van der Waals surface area contributed by atoms with Crippen LogP contribution in [0.4, 0.5) is 0 Å². The van der Waals surface area contributed by atoms with Crippen LogP contribution in [0.2, 0.25) is 0 Å². The molecule has 54 heavy (non-hydrogen) atoms. The first-order valence-corrected chi connectivity index (χ1v) is 18.2. The Morgan fingerprint density at radius 1 is 0.667 bits per heavy atom. The molecule has 0 aliphatic carbocycles. The number of hydrogen-bond donors (Lipinski definition) is 0. The van der Waals surface area contributed by atoms with Crippen LogP contribution >= 0.6 is 0 Å². The maximum Gasteiger partial charge on any atom is 0.241 e. The third-order valence-electron chi connectivity index (χ3n) is 9.89. The topological polar surface area (TPSA) is 44.2 Å². The fourth-order valence-electron chi connectivity index (χ4n) is 7.26. The number of benzene rings is 5. The van der Waals surface area contributed by atoms with Gasteiger partial charge in [-0.1, -0.05) is 106 Å². The number of aryl methyl sites for hydroxylation is 3. The molecule has 269 valence electrons. The Labute approximate surface area is 333 Å². The zero-order chi connectivity index (χ0) is 36.7. The van der Waals surface area contributed by atoms with Gasteiger partial charge in [0.05, 0.1) is 0 Å². The first-order chi connectivity index (χ1) is 25.6. The van der Waals surface area contributed by atoms with Crippen LogP contribution < -0.4 is 25.9 Å². The van der Waals surface area contributed by atoms with Crippen molar-refractivity contribution in [1.29, 1.82) is 0 Å². The molecular formula is C48H41BIrN2O2-2. The van der Waals surface area contributed by atoms with Crippen molar-refractivity contribution in [3.63, 3.8) is 0 Å². The van der Waals surface area contributed by atoms with Gasteiger partial charge in [-0.3, -0.25) is 0 Å². The summed E-state index contributed by atoms with van der Waals surface area (Å²) in [5.74, 6) is 3.43. The van der Waals surface area contributed by atoms with Crippen molar-refractivity contribution in [2.45, 2.75) is 48.0 Å². The van der Waals surface area contributed by atoms with Crippen molar-refractivity contribution in [2.24, 2.45) is 5.41 Å². The molecule has 0 fully saturated rings. The number of para-hydroxylation sites is 1. The Kier molecular flexibility index (Phi) is 10.4. The molecule has 0 bridgehead atoms. The van der Waals surface area contributed by atoms with Crippen molar-refractivity contribution in [2.75, 3.05) is 0 Å². The number of nitrogens with zero attached hydrogens (tertiary/aromatic N) is 2. The number of ether oxygens (including phenoxy) is 2. The summed E-state index contributed by atoms with van der Waals surface area (Å²) in [5, 5.41) is 0. The Morgan fingerprint density at radius 3 is 2.13 bits per heavy atom. The van der Waals surface area contributed by atoms with Gasteiger partial charge < -0.3 is 19.4 Å². The van der Waals surface area contributed by atoms with E-state index in [1.807, 2.05) is 60.9 Å². The third kappa shape index (κ3) is 7.42. The minimum absolute atomic E-state index is 0. The fourth-order valence-corrected chi connectivity index (χ4v) is 7.26. The first-order valence-electron chi connectivity index (χ1n) is 18.2. The Bertz CT molecular complexity index is 2460. The summed E-state index contributed by atoms with van der Waals surface area (Å²) in [6.45, 7) is 13.2. The van der Waals surface area contributed by atoms with Gasteiger partial charge in [-0.15, -0.1) is 59.1 Å². The Hall–Kier alpha value is -5.29. The van der Waals surface area contributed by atoms with Crippen LogP contribution in [0.1, 0.15) is 43.0 Å². The van der Waals surface area contributed by atoms with Crippen LogP contribution in [0.3, 0.4) is 0 Å². The molecule has 6 heteroatoms. The fraction of sp³-hybridized carbons (Fsp3) is 0.167. The maximum absolute atomic E-state index is 6.54.